The molecule has 1 N–H and O–H groups in total. The molecule has 0 bridgehead atoms. The first kappa shape index (κ1) is 14.3. The van der Waals surface area contributed by atoms with Crippen molar-refractivity contribution < 1.29 is 5.11 Å². The normalized spacial score (nSPS) is 12.4. The zero-order chi connectivity index (χ0) is 12.7. The highest BCUT2D eigenvalue weighted by molar-refractivity contribution is 6.32. The third-order valence-electron chi connectivity index (χ3n) is 2.97. The van der Waals surface area contributed by atoms with Crippen LogP contribution in [0.5, 0.6) is 0 Å². The lowest BCUT2D eigenvalue weighted by Crippen LogP contribution is -1.99. The monoisotopic (exact) mass is 252 g/mol. The van der Waals surface area contributed by atoms with Crippen LogP contribution in [0.1, 0.15) is 49.3 Å². The molecule has 1 atom stereocenters. The Kier molecular flexibility index (Phi) is 6.31. The molecule has 2 heteroatoms. The molecule has 0 aliphatic rings. The van der Waals surface area contributed by atoms with Crippen molar-refractivity contribution in [2.24, 2.45) is 0 Å². The maximum atomic E-state index is 10.1. The number of benzene rings is 1. The standard InChI is InChI=1S/C15H21ClO/c1-3-4-5-6-7-11-14(17)13-10-8-9-12(2)15(13)16/h3,8-10,14,17H,1,4-7,11H2,2H3. The first-order valence-corrected chi connectivity index (χ1v) is 6.58. The first-order chi connectivity index (χ1) is 8.16. The fourth-order valence-electron chi connectivity index (χ4n) is 1.89. The quantitative estimate of drug-likeness (QED) is 0.545. The lowest BCUT2D eigenvalue weighted by atomic mass is 10.0. The Balaban J connectivity index is 2.44. The van der Waals surface area contributed by atoms with Crippen LogP contribution in [0, 0.1) is 6.92 Å². The predicted molar refractivity (Wildman–Crippen MR) is 74.4 cm³/mol. The molecular weight excluding hydrogens is 232 g/mol. The Hall–Kier alpha value is -0.790. The van der Waals surface area contributed by atoms with E-state index in [2.05, 4.69) is 6.58 Å². The molecule has 0 aliphatic carbocycles. The number of rotatable bonds is 7. The van der Waals surface area contributed by atoms with Crippen LogP contribution in [0.15, 0.2) is 30.9 Å². The summed E-state index contributed by atoms with van der Waals surface area (Å²) in [6, 6.07) is 5.81. The maximum Gasteiger partial charge on any atom is 0.0804 e. The summed E-state index contributed by atoms with van der Waals surface area (Å²) in [6.45, 7) is 5.66. The van der Waals surface area contributed by atoms with Crippen molar-refractivity contribution in [1.29, 1.82) is 0 Å². The van der Waals surface area contributed by atoms with Crippen molar-refractivity contribution in [3.8, 4) is 0 Å². The smallest absolute Gasteiger partial charge is 0.0804 e. The number of unbranched alkanes of at least 4 members (excludes halogenated alkanes) is 3. The summed E-state index contributed by atoms with van der Waals surface area (Å²) in [5.74, 6) is 0. The second kappa shape index (κ2) is 7.52. The molecule has 94 valence electrons. The number of hydrogen-bond acceptors (Lipinski definition) is 1. The van der Waals surface area contributed by atoms with Gasteiger partial charge in [0, 0.05) is 5.02 Å². The number of halogens is 1. The van der Waals surface area contributed by atoms with Gasteiger partial charge in [-0.05, 0) is 37.3 Å². The van der Waals surface area contributed by atoms with Crippen LogP contribution in [0.4, 0.5) is 0 Å². The van der Waals surface area contributed by atoms with Gasteiger partial charge >= 0.3 is 0 Å². The van der Waals surface area contributed by atoms with Crippen LogP contribution in [0.2, 0.25) is 5.02 Å². The molecule has 0 fully saturated rings. The molecule has 0 spiro atoms. The van der Waals surface area contributed by atoms with E-state index in [1.165, 1.54) is 0 Å². The lowest BCUT2D eigenvalue weighted by Gasteiger charge is -2.13. The summed E-state index contributed by atoms with van der Waals surface area (Å²) in [5, 5.41) is 10.8. The Morgan fingerprint density at radius 3 is 2.82 bits per heavy atom. The van der Waals surface area contributed by atoms with E-state index in [1.54, 1.807) is 0 Å². The van der Waals surface area contributed by atoms with E-state index >= 15 is 0 Å². The molecule has 17 heavy (non-hydrogen) atoms. The second-order valence-electron chi connectivity index (χ2n) is 4.42. The molecular formula is C15H21ClO. The van der Waals surface area contributed by atoms with E-state index < -0.39 is 6.10 Å². The highest BCUT2D eigenvalue weighted by Crippen LogP contribution is 2.29. The van der Waals surface area contributed by atoms with Crippen LogP contribution in [-0.4, -0.2) is 5.11 Å². The third kappa shape index (κ3) is 4.53. The van der Waals surface area contributed by atoms with Gasteiger partial charge in [-0.2, -0.15) is 0 Å². The topological polar surface area (TPSA) is 20.2 Å². The molecule has 1 aromatic carbocycles. The Morgan fingerprint density at radius 1 is 1.35 bits per heavy atom. The average molecular weight is 253 g/mol. The summed E-state index contributed by atoms with van der Waals surface area (Å²) in [6.07, 6.45) is 6.64. The number of aliphatic hydroxyl groups excluding tert-OH is 1. The lowest BCUT2D eigenvalue weighted by molar-refractivity contribution is 0.163. The number of aryl methyl sites for hydroxylation is 1. The predicted octanol–water partition coefficient (Wildman–Crippen LogP) is 4.82. The molecule has 0 saturated heterocycles. The van der Waals surface area contributed by atoms with Gasteiger partial charge in [-0.25, -0.2) is 0 Å². The molecule has 0 aromatic heterocycles. The van der Waals surface area contributed by atoms with Gasteiger partial charge in [0.1, 0.15) is 0 Å². The SMILES string of the molecule is C=CCCCCCC(O)c1cccc(C)c1Cl. The largest absolute Gasteiger partial charge is 0.388 e. The maximum absolute atomic E-state index is 10.1. The van der Waals surface area contributed by atoms with Gasteiger partial charge in [0.2, 0.25) is 0 Å². The van der Waals surface area contributed by atoms with E-state index in [9.17, 15) is 5.11 Å². The Labute approximate surface area is 109 Å². The molecule has 0 amide bonds. The molecule has 1 nitrogen and oxygen atoms in total. The van der Waals surface area contributed by atoms with E-state index in [4.69, 9.17) is 11.6 Å². The molecule has 1 aromatic rings. The minimum atomic E-state index is -0.439. The van der Waals surface area contributed by atoms with Crippen LogP contribution in [0.3, 0.4) is 0 Å². The molecule has 0 heterocycles. The third-order valence-corrected chi connectivity index (χ3v) is 3.48. The van der Waals surface area contributed by atoms with E-state index in [0.29, 0.717) is 5.02 Å². The fourth-order valence-corrected chi connectivity index (χ4v) is 2.14. The van der Waals surface area contributed by atoms with Gasteiger partial charge in [0.25, 0.3) is 0 Å². The van der Waals surface area contributed by atoms with Crippen molar-refractivity contribution in [2.75, 3.05) is 0 Å². The van der Waals surface area contributed by atoms with Crippen molar-refractivity contribution in [2.45, 2.75) is 45.1 Å². The van der Waals surface area contributed by atoms with E-state index in [-0.39, 0.29) is 0 Å². The fraction of sp³-hybridized carbons (Fsp3) is 0.467. The molecule has 1 rings (SSSR count). The summed E-state index contributed by atoms with van der Waals surface area (Å²) in [4.78, 5) is 0. The number of hydrogen-bond donors (Lipinski definition) is 1. The Bertz CT molecular complexity index is 360. The summed E-state index contributed by atoms with van der Waals surface area (Å²) >= 11 is 6.18. The number of allylic oxidation sites excluding steroid dienone is 1. The van der Waals surface area contributed by atoms with Crippen molar-refractivity contribution in [3.63, 3.8) is 0 Å². The number of aliphatic hydroxyl groups is 1. The van der Waals surface area contributed by atoms with E-state index in [1.807, 2.05) is 31.2 Å². The van der Waals surface area contributed by atoms with Crippen LogP contribution in [-0.2, 0) is 0 Å². The summed E-state index contributed by atoms with van der Waals surface area (Å²) in [5.41, 5.74) is 1.88. The van der Waals surface area contributed by atoms with Crippen LogP contribution < -0.4 is 0 Å². The minimum Gasteiger partial charge on any atom is -0.388 e. The summed E-state index contributed by atoms with van der Waals surface area (Å²) in [7, 11) is 0. The van der Waals surface area contributed by atoms with Crippen LogP contribution >= 0.6 is 11.6 Å². The van der Waals surface area contributed by atoms with Crippen molar-refractivity contribution >= 4 is 11.6 Å². The van der Waals surface area contributed by atoms with Gasteiger partial charge in [0.15, 0.2) is 0 Å². The highest BCUT2D eigenvalue weighted by Gasteiger charge is 2.12. The highest BCUT2D eigenvalue weighted by atomic mass is 35.5. The molecule has 0 saturated carbocycles. The van der Waals surface area contributed by atoms with Crippen molar-refractivity contribution in [3.05, 3.63) is 47.0 Å². The van der Waals surface area contributed by atoms with Crippen molar-refractivity contribution in [1.82, 2.24) is 0 Å². The zero-order valence-corrected chi connectivity index (χ0v) is 11.2. The van der Waals surface area contributed by atoms with Gasteiger partial charge in [0.05, 0.1) is 6.10 Å². The van der Waals surface area contributed by atoms with E-state index in [0.717, 1.165) is 43.2 Å². The van der Waals surface area contributed by atoms with Crippen LogP contribution in [0.25, 0.3) is 0 Å². The van der Waals surface area contributed by atoms with Gasteiger partial charge in [-0.15, -0.1) is 6.58 Å². The Morgan fingerprint density at radius 2 is 2.12 bits per heavy atom. The molecule has 1 unspecified atom stereocenters. The average Bonchev–Trinajstić information content (AvgIpc) is 2.32. The van der Waals surface area contributed by atoms with Gasteiger partial charge in [-0.1, -0.05) is 48.7 Å². The molecule has 0 aliphatic heterocycles. The summed E-state index contributed by atoms with van der Waals surface area (Å²) < 4.78 is 0. The second-order valence-corrected chi connectivity index (χ2v) is 4.80. The van der Waals surface area contributed by atoms with Gasteiger partial charge < -0.3 is 5.11 Å². The molecule has 0 radical (unpaired) electrons. The van der Waals surface area contributed by atoms with Gasteiger partial charge in [-0.3, -0.25) is 0 Å². The first-order valence-electron chi connectivity index (χ1n) is 6.20. The zero-order valence-electron chi connectivity index (χ0n) is 10.5. The minimum absolute atomic E-state index is 0.439.